The molecule has 0 aliphatic rings. The van der Waals surface area contributed by atoms with Crippen molar-refractivity contribution in [1.29, 1.82) is 0 Å². The molecule has 6 heterocycles. The highest BCUT2D eigenvalue weighted by atomic mass is 15.2. The molecule has 0 aliphatic carbocycles. The van der Waals surface area contributed by atoms with Gasteiger partial charge in [0.2, 0.25) is 5.95 Å². The Kier molecular flexibility index (Phi) is 6.73. The van der Waals surface area contributed by atoms with Gasteiger partial charge >= 0.3 is 0 Å². The largest absolute Gasteiger partial charge is 0.306 e. The van der Waals surface area contributed by atoms with Crippen molar-refractivity contribution in [3.8, 4) is 40.1 Å². The molecule has 6 aromatic carbocycles. The zero-order chi connectivity index (χ0) is 37.5. The van der Waals surface area contributed by atoms with E-state index in [9.17, 15) is 0 Å². The molecule has 0 atom stereocenters. The summed E-state index contributed by atoms with van der Waals surface area (Å²) in [5.74, 6) is 1.77. The van der Waals surface area contributed by atoms with E-state index in [1.54, 1.807) is 0 Å². The monoisotopic (exact) mass is 731 g/mol. The van der Waals surface area contributed by atoms with Gasteiger partial charge < -0.3 is 9.13 Å². The molecule has 0 fully saturated rings. The molecule has 0 N–H and O–H groups in total. The second-order valence-corrected chi connectivity index (χ2v) is 14.1. The minimum atomic E-state index is 0.551. The van der Waals surface area contributed by atoms with Crippen molar-refractivity contribution in [2.24, 2.45) is 0 Å². The fraction of sp³-hybridized carbons (Fsp3) is 0. The molecule has 266 valence electrons. The highest BCUT2D eigenvalue weighted by molar-refractivity contribution is 6.20. The first kappa shape index (κ1) is 31.3. The van der Waals surface area contributed by atoms with Crippen molar-refractivity contribution in [2.75, 3.05) is 0 Å². The third kappa shape index (κ3) is 4.69. The van der Waals surface area contributed by atoms with E-state index in [-0.39, 0.29) is 0 Å². The Bertz CT molecular complexity index is 3460. The summed E-state index contributed by atoms with van der Waals surface area (Å²) in [5, 5.41) is 13.0. The van der Waals surface area contributed by atoms with E-state index in [0.29, 0.717) is 17.6 Å². The molecule has 0 saturated carbocycles. The van der Waals surface area contributed by atoms with Crippen molar-refractivity contribution in [3.05, 3.63) is 176 Å². The molecule has 0 spiro atoms. The molecule has 6 aromatic heterocycles. The molecule has 0 radical (unpaired) electrons. The summed E-state index contributed by atoms with van der Waals surface area (Å²) in [4.78, 5) is 20.0. The summed E-state index contributed by atoms with van der Waals surface area (Å²) in [6.45, 7) is 0. The summed E-state index contributed by atoms with van der Waals surface area (Å²) in [6.07, 6.45) is 1.82. The quantitative estimate of drug-likeness (QED) is 0.175. The molecule has 9 heteroatoms. The van der Waals surface area contributed by atoms with Crippen LogP contribution in [-0.2, 0) is 0 Å². The molecule has 0 aliphatic heterocycles. The van der Waals surface area contributed by atoms with Gasteiger partial charge in [0, 0.05) is 44.9 Å². The minimum Gasteiger partial charge on any atom is -0.306 e. The number of pyridine rings is 1. The Hall–Kier alpha value is -8.04. The molecule has 0 amide bonds. The van der Waals surface area contributed by atoms with Gasteiger partial charge in [-0.2, -0.15) is 9.97 Å². The molecule has 0 unspecified atom stereocenters. The van der Waals surface area contributed by atoms with Crippen LogP contribution in [0.1, 0.15) is 0 Å². The van der Waals surface area contributed by atoms with Gasteiger partial charge in [0.05, 0.1) is 22.1 Å². The summed E-state index contributed by atoms with van der Waals surface area (Å²) in [6, 6.07) is 58.2. The summed E-state index contributed by atoms with van der Waals surface area (Å²) < 4.78 is 6.75. The predicted molar refractivity (Wildman–Crippen MR) is 227 cm³/mol. The molecule has 0 bridgehead atoms. The Morgan fingerprint density at radius 2 is 0.895 bits per heavy atom. The molecule has 0 saturated heterocycles. The van der Waals surface area contributed by atoms with E-state index in [1.165, 1.54) is 0 Å². The lowest BCUT2D eigenvalue weighted by Crippen LogP contribution is -2.06. The maximum atomic E-state index is 5.13. The third-order valence-electron chi connectivity index (χ3n) is 10.8. The molecule has 12 rings (SSSR count). The van der Waals surface area contributed by atoms with Crippen molar-refractivity contribution >= 4 is 65.8 Å². The standard InChI is InChI=1S/C48H29N9/c1-4-15-30(16-5-1)46-50-47(31-17-6-2-7-18-31)52-48(51-46)57-37-23-12-10-21-34(37)36-29-33(26-27-39(36)57)56-38-24-13-11-22-35(38)41-44(56)45-43(54-53-41)42-40(25-14-28-49-42)55(45)32-19-8-3-9-20-32/h1-29H. The van der Waals surface area contributed by atoms with E-state index < -0.39 is 0 Å². The van der Waals surface area contributed by atoms with Crippen LogP contribution in [0.25, 0.3) is 106 Å². The van der Waals surface area contributed by atoms with E-state index in [4.69, 9.17) is 30.1 Å². The average molecular weight is 732 g/mol. The van der Waals surface area contributed by atoms with Gasteiger partial charge in [0.15, 0.2) is 11.6 Å². The Balaban J connectivity index is 1.16. The van der Waals surface area contributed by atoms with Crippen LogP contribution in [0.4, 0.5) is 0 Å². The number of para-hydroxylation sites is 3. The first-order valence-corrected chi connectivity index (χ1v) is 18.8. The zero-order valence-corrected chi connectivity index (χ0v) is 30.3. The number of aromatic nitrogens is 9. The van der Waals surface area contributed by atoms with Gasteiger partial charge in [-0.1, -0.05) is 115 Å². The minimum absolute atomic E-state index is 0.551. The van der Waals surface area contributed by atoms with Gasteiger partial charge in [-0.25, -0.2) is 4.98 Å². The fourth-order valence-corrected chi connectivity index (χ4v) is 8.38. The van der Waals surface area contributed by atoms with Crippen LogP contribution in [0.5, 0.6) is 0 Å². The maximum Gasteiger partial charge on any atom is 0.238 e. The van der Waals surface area contributed by atoms with E-state index in [1.807, 2.05) is 79.0 Å². The highest BCUT2D eigenvalue weighted by Crippen LogP contribution is 2.40. The Labute approximate surface area is 324 Å². The average Bonchev–Trinajstić information content (AvgIpc) is 3.93. The number of rotatable bonds is 5. The molecular formula is C48H29N9. The second-order valence-electron chi connectivity index (χ2n) is 14.1. The van der Waals surface area contributed by atoms with Crippen molar-refractivity contribution in [1.82, 2.24) is 43.8 Å². The number of hydrogen-bond donors (Lipinski definition) is 0. The van der Waals surface area contributed by atoms with Crippen LogP contribution in [0.2, 0.25) is 0 Å². The van der Waals surface area contributed by atoms with Crippen LogP contribution >= 0.6 is 0 Å². The number of nitrogens with zero attached hydrogens (tertiary/aromatic N) is 9. The van der Waals surface area contributed by atoms with E-state index >= 15 is 0 Å². The normalized spacial score (nSPS) is 11.9. The fourth-order valence-electron chi connectivity index (χ4n) is 8.38. The Morgan fingerprint density at radius 1 is 0.351 bits per heavy atom. The molecular weight excluding hydrogens is 703 g/mol. The number of benzene rings is 6. The lowest BCUT2D eigenvalue weighted by atomic mass is 10.1. The third-order valence-corrected chi connectivity index (χ3v) is 10.8. The van der Waals surface area contributed by atoms with E-state index in [0.717, 1.165) is 88.3 Å². The van der Waals surface area contributed by atoms with Gasteiger partial charge in [0.1, 0.15) is 27.6 Å². The highest BCUT2D eigenvalue weighted by Gasteiger charge is 2.25. The lowest BCUT2D eigenvalue weighted by molar-refractivity contribution is 0.953. The zero-order valence-electron chi connectivity index (χ0n) is 30.3. The second kappa shape index (κ2) is 12.2. The SMILES string of the molecule is c1ccc(-c2nc(-c3ccccc3)nc(-n3c4ccccc4c4cc(-n5c6ccccc6c6nnc7c8ncccc8n(-c8ccccc8)c7c65)ccc43)n2)cc1. The number of hydrogen-bond acceptors (Lipinski definition) is 6. The Morgan fingerprint density at radius 3 is 1.61 bits per heavy atom. The van der Waals surface area contributed by atoms with Crippen molar-refractivity contribution < 1.29 is 0 Å². The lowest BCUT2D eigenvalue weighted by Gasteiger charge is -2.13. The van der Waals surface area contributed by atoms with Gasteiger partial charge in [-0.05, 0) is 54.6 Å². The first-order valence-electron chi connectivity index (χ1n) is 18.8. The summed E-state index contributed by atoms with van der Waals surface area (Å²) in [7, 11) is 0. The van der Waals surface area contributed by atoms with Gasteiger partial charge in [0.25, 0.3) is 0 Å². The van der Waals surface area contributed by atoms with Crippen LogP contribution in [0.15, 0.2) is 176 Å². The summed E-state index contributed by atoms with van der Waals surface area (Å²) in [5.41, 5.74) is 12.1. The van der Waals surface area contributed by atoms with Gasteiger partial charge in [-0.3, -0.25) is 9.55 Å². The van der Waals surface area contributed by atoms with Crippen molar-refractivity contribution in [3.63, 3.8) is 0 Å². The van der Waals surface area contributed by atoms with Crippen LogP contribution in [0, 0.1) is 0 Å². The van der Waals surface area contributed by atoms with Crippen LogP contribution < -0.4 is 0 Å². The summed E-state index contributed by atoms with van der Waals surface area (Å²) >= 11 is 0. The molecule has 12 aromatic rings. The topological polar surface area (TPSA) is 92.1 Å². The molecule has 9 nitrogen and oxygen atoms in total. The molecule has 57 heavy (non-hydrogen) atoms. The van der Waals surface area contributed by atoms with Gasteiger partial charge in [-0.15, -0.1) is 10.2 Å². The first-order chi connectivity index (χ1) is 28.3. The van der Waals surface area contributed by atoms with Crippen LogP contribution in [0.3, 0.4) is 0 Å². The van der Waals surface area contributed by atoms with E-state index in [2.05, 4.69) is 111 Å². The van der Waals surface area contributed by atoms with Crippen molar-refractivity contribution in [2.45, 2.75) is 0 Å². The maximum absolute atomic E-state index is 5.13. The smallest absolute Gasteiger partial charge is 0.238 e. The predicted octanol–water partition coefficient (Wildman–Crippen LogP) is 10.7. The number of fused-ring (bicyclic) bond motifs is 10. The van der Waals surface area contributed by atoms with Crippen LogP contribution in [-0.4, -0.2) is 43.8 Å².